The topological polar surface area (TPSA) is 167 Å². The second-order valence-electron chi connectivity index (χ2n) is 15.9. The van der Waals surface area contributed by atoms with Gasteiger partial charge in [0.25, 0.3) is 0 Å². The number of amides is 2. The summed E-state index contributed by atoms with van der Waals surface area (Å²) in [6, 6.07) is 12.0. The molecule has 1 spiro atoms. The number of likely N-dealkylation sites (tertiary alicyclic amines) is 1. The SMILES string of the molecule is CC(C)(C)OC(=O)CCC(CO)NC(=O)C1CCCN1C(=O)C1=CC2OC3(Cc4ccccc4C3)OC2C(OC(=O)c2ccc(C=CC(=O)OCC(F)(F)F)cc2)C1. The Bertz CT molecular complexity index is 1910. The van der Waals surface area contributed by atoms with Gasteiger partial charge in [-0.05, 0) is 81.0 Å². The van der Waals surface area contributed by atoms with Gasteiger partial charge >= 0.3 is 24.1 Å². The number of ether oxygens (including phenoxy) is 5. The molecule has 16 heteroatoms. The van der Waals surface area contributed by atoms with Crippen molar-refractivity contribution in [3.63, 3.8) is 0 Å². The standard InChI is InChI=1S/C42H47F3N2O11/c1-40(2,3)57-35(50)17-15-30(23-48)46-37(51)31-9-6-18-47(31)38(52)29-19-32(36-33(20-29)56-41(58-36)21-27-7-4-5-8-28(27)22-41)55-39(53)26-13-10-25(11-14-26)12-16-34(49)54-24-42(43,44)45/h4-5,7-8,10-14,16,20,30-33,36,48H,6,9,15,17-19,21-24H2,1-3H3,(H,46,51). The number of aliphatic hydroxyl groups is 1. The monoisotopic (exact) mass is 812 g/mol. The lowest BCUT2D eigenvalue weighted by Gasteiger charge is -2.33. The lowest BCUT2D eigenvalue weighted by atomic mass is 9.91. The molecular formula is C42H47F3N2O11. The zero-order chi connectivity index (χ0) is 41.8. The van der Waals surface area contributed by atoms with Crippen LogP contribution >= 0.6 is 0 Å². The van der Waals surface area contributed by atoms with Crippen molar-refractivity contribution in [1.29, 1.82) is 0 Å². The molecule has 0 bridgehead atoms. The molecule has 2 N–H and O–H groups in total. The van der Waals surface area contributed by atoms with E-state index in [9.17, 15) is 42.3 Å². The first-order valence-corrected chi connectivity index (χ1v) is 19.2. The first-order chi connectivity index (χ1) is 27.4. The minimum atomic E-state index is -4.66. The summed E-state index contributed by atoms with van der Waals surface area (Å²) in [4.78, 5) is 66.8. The number of alkyl halides is 3. The van der Waals surface area contributed by atoms with E-state index in [1.807, 2.05) is 24.3 Å². The molecule has 0 radical (unpaired) electrons. The summed E-state index contributed by atoms with van der Waals surface area (Å²) in [6.07, 6.45) is -1.53. The fourth-order valence-electron chi connectivity index (χ4n) is 7.61. The van der Waals surface area contributed by atoms with Crippen LogP contribution in [0.15, 0.2) is 66.3 Å². The van der Waals surface area contributed by atoms with Crippen molar-refractivity contribution in [1.82, 2.24) is 10.2 Å². The van der Waals surface area contributed by atoms with Crippen LogP contribution < -0.4 is 5.32 Å². The number of nitrogens with zero attached hydrogens (tertiary/aromatic N) is 1. The molecule has 5 unspecified atom stereocenters. The lowest BCUT2D eigenvalue weighted by molar-refractivity contribution is -0.182. The summed E-state index contributed by atoms with van der Waals surface area (Å²) in [5.41, 5.74) is 2.23. The number of halogens is 3. The fraction of sp³-hybridized carbons (Fsp3) is 0.500. The molecule has 2 saturated heterocycles. The van der Waals surface area contributed by atoms with Crippen LogP contribution in [-0.2, 0) is 55.7 Å². The Labute approximate surface area is 333 Å². The fourth-order valence-corrected chi connectivity index (χ4v) is 7.61. The molecule has 58 heavy (non-hydrogen) atoms. The van der Waals surface area contributed by atoms with Gasteiger partial charge in [-0.15, -0.1) is 0 Å². The first-order valence-electron chi connectivity index (χ1n) is 19.2. The number of carbonyl (C=O) groups excluding carboxylic acids is 5. The molecule has 0 saturated carbocycles. The Balaban J connectivity index is 1.15. The molecule has 2 aromatic carbocycles. The maximum absolute atomic E-state index is 14.3. The van der Waals surface area contributed by atoms with Crippen LogP contribution in [0.25, 0.3) is 6.08 Å². The average molecular weight is 813 g/mol. The van der Waals surface area contributed by atoms with Crippen molar-refractivity contribution < 1.29 is 65.9 Å². The van der Waals surface area contributed by atoms with Crippen LogP contribution in [0.2, 0.25) is 0 Å². The van der Waals surface area contributed by atoms with E-state index in [2.05, 4.69) is 10.1 Å². The van der Waals surface area contributed by atoms with E-state index < -0.39 is 90.9 Å². The van der Waals surface area contributed by atoms with Crippen LogP contribution in [0.5, 0.6) is 0 Å². The minimum absolute atomic E-state index is 0.0216. The van der Waals surface area contributed by atoms with Crippen LogP contribution in [0.3, 0.4) is 0 Å². The smallest absolute Gasteiger partial charge is 0.422 e. The number of fused-ring (bicyclic) bond motifs is 2. The second kappa shape index (κ2) is 17.4. The van der Waals surface area contributed by atoms with E-state index in [0.29, 0.717) is 31.2 Å². The Hall–Kier alpha value is -5.06. The molecule has 2 aromatic rings. The molecule has 4 aliphatic rings. The molecule has 2 aliphatic carbocycles. The van der Waals surface area contributed by atoms with E-state index in [4.69, 9.17) is 18.9 Å². The van der Waals surface area contributed by atoms with E-state index in [1.54, 1.807) is 26.8 Å². The average Bonchev–Trinajstić information content (AvgIpc) is 3.89. The van der Waals surface area contributed by atoms with Gasteiger partial charge < -0.3 is 39.0 Å². The van der Waals surface area contributed by atoms with Crippen molar-refractivity contribution >= 4 is 35.8 Å². The summed E-state index contributed by atoms with van der Waals surface area (Å²) < 4.78 is 65.7. The third-order valence-corrected chi connectivity index (χ3v) is 10.2. The lowest BCUT2D eigenvalue weighted by Crippen LogP contribution is -2.51. The Kier molecular flexibility index (Phi) is 12.8. The highest BCUT2D eigenvalue weighted by Gasteiger charge is 2.55. The largest absolute Gasteiger partial charge is 0.460 e. The van der Waals surface area contributed by atoms with Crippen molar-refractivity contribution in [3.05, 3.63) is 88.5 Å². The molecule has 0 aromatic heterocycles. The first kappa shape index (κ1) is 42.5. The number of rotatable bonds is 12. The van der Waals surface area contributed by atoms with Crippen molar-refractivity contribution in [2.45, 2.75) is 114 Å². The van der Waals surface area contributed by atoms with Gasteiger partial charge in [-0.3, -0.25) is 14.4 Å². The molecule has 2 fully saturated rings. The Morgan fingerprint density at radius 1 is 1.02 bits per heavy atom. The van der Waals surface area contributed by atoms with E-state index in [-0.39, 0.29) is 36.9 Å². The van der Waals surface area contributed by atoms with Gasteiger partial charge in [0.05, 0.1) is 18.2 Å². The summed E-state index contributed by atoms with van der Waals surface area (Å²) in [5, 5.41) is 12.8. The Morgan fingerprint density at radius 3 is 2.34 bits per heavy atom. The number of hydrogen-bond donors (Lipinski definition) is 2. The van der Waals surface area contributed by atoms with Gasteiger partial charge in [0, 0.05) is 43.9 Å². The van der Waals surface area contributed by atoms with Gasteiger partial charge in [-0.25, -0.2) is 9.59 Å². The number of hydrogen-bond acceptors (Lipinski definition) is 11. The maximum atomic E-state index is 14.3. The molecule has 6 rings (SSSR count). The maximum Gasteiger partial charge on any atom is 0.422 e. The van der Waals surface area contributed by atoms with Crippen LogP contribution in [0.4, 0.5) is 13.2 Å². The number of esters is 3. The van der Waals surface area contributed by atoms with Crippen LogP contribution in [0.1, 0.15) is 79.9 Å². The molecule has 13 nitrogen and oxygen atoms in total. The van der Waals surface area contributed by atoms with Gasteiger partial charge in [0.1, 0.15) is 30.0 Å². The molecule has 5 atom stereocenters. The van der Waals surface area contributed by atoms with Gasteiger partial charge in [-0.1, -0.05) is 36.4 Å². The van der Waals surface area contributed by atoms with E-state index >= 15 is 0 Å². The van der Waals surface area contributed by atoms with Gasteiger partial charge in [-0.2, -0.15) is 13.2 Å². The Morgan fingerprint density at radius 2 is 1.71 bits per heavy atom. The molecule has 2 amide bonds. The van der Waals surface area contributed by atoms with Crippen molar-refractivity contribution in [3.8, 4) is 0 Å². The van der Waals surface area contributed by atoms with E-state index in [1.165, 1.54) is 35.2 Å². The minimum Gasteiger partial charge on any atom is -0.460 e. The molecular weight excluding hydrogens is 765 g/mol. The van der Waals surface area contributed by atoms with Crippen molar-refractivity contribution in [2.24, 2.45) is 0 Å². The van der Waals surface area contributed by atoms with Crippen LogP contribution in [0, 0.1) is 0 Å². The molecule has 2 heterocycles. The van der Waals surface area contributed by atoms with E-state index in [0.717, 1.165) is 17.2 Å². The third-order valence-electron chi connectivity index (χ3n) is 10.2. The summed E-state index contributed by atoms with van der Waals surface area (Å²) >= 11 is 0. The quantitative estimate of drug-likeness (QED) is 0.176. The zero-order valence-electron chi connectivity index (χ0n) is 32.4. The van der Waals surface area contributed by atoms with Gasteiger partial charge in [0.15, 0.2) is 12.4 Å². The molecule has 312 valence electrons. The highest BCUT2D eigenvalue weighted by molar-refractivity contribution is 5.98. The third kappa shape index (κ3) is 10.7. The predicted octanol–water partition coefficient (Wildman–Crippen LogP) is 4.53. The zero-order valence-corrected chi connectivity index (χ0v) is 32.4. The number of benzene rings is 2. The predicted molar refractivity (Wildman–Crippen MR) is 200 cm³/mol. The number of nitrogens with one attached hydrogen (secondary N) is 1. The number of carbonyl (C=O) groups is 5. The van der Waals surface area contributed by atoms with Crippen LogP contribution in [-0.4, -0.2) is 107 Å². The molecule has 2 aliphatic heterocycles. The number of aliphatic hydroxyl groups excluding tert-OH is 1. The summed E-state index contributed by atoms with van der Waals surface area (Å²) in [7, 11) is 0. The van der Waals surface area contributed by atoms with Crippen molar-refractivity contribution in [2.75, 3.05) is 19.8 Å². The second-order valence-corrected chi connectivity index (χ2v) is 15.9. The summed E-state index contributed by atoms with van der Waals surface area (Å²) in [5.74, 6) is -4.34. The van der Waals surface area contributed by atoms with Gasteiger partial charge in [0.2, 0.25) is 11.8 Å². The highest BCUT2D eigenvalue weighted by Crippen LogP contribution is 2.45. The highest BCUT2D eigenvalue weighted by atomic mass is 19.4. The summed E-state index contributed by atoms with van der Waals surface area (Å²) in [6.45, 7) is 3.38. The normalized spacial score (nSPS) is 22.9.